The second-order valence-electron chi connectivity index (χ2n) is 7.30. The number of methoxy groups -OCH3 is 1. The van der Waals surface area contributed by atoms with Gasteiger partial charge in [-0.15, -0.1) is 0 Å². The predicted octanol–water partition coefficient (Wildman–Crippen LogP) is 5.26. The molecular formula is C23H24ClN3O2. The lowest BCUT2D eigenvalue weighted by molar-refractivity contribution is 0.0923. The Morgan fingerprint density at radius 1 is 1.10 bits per heavy atom. The van der Waals surface area contributed by atoms with Crippen molar-refractivity contribution in [2.45, 2.75) is 38.1 Å². The van der Waals surface area contributed by atoms with E-state index in [1.165, 1.54) is 6.42 Å². The molecule has 6 heteroatoms. The number of hydrogen-bond acceptors (Lipinski definition) is 3. The fraction of sp³-hybridized carbons (Fsp3) is 0.304. The number of halogens is 1. The second-order valence-corrected chi connectivity index (χ2v) is 7.74. The zero-order valence-corrected chi connectivity index (χ0v) is 17.2. The second kappa shape index (κ2) is 8.70. The Bertz CT molecular complexity index is 992. The van der Waals surface area contributed by atoms with Crippen LogP contribution in [0.4, 0.5) is 0 Å². The number of benzene rings is 2. The molecule has 1 fully saturated rings. The summed E-state index contributed by atoms with van der Waals surface area (Å²) in [6, 6.07) is 15.4. The van der Waals surface area contributed by atoms with Crippen molar-refractivity contribution < 1.29 is 9.53 Å². The molecule has 0 saturated heterocycles. The van der Waals surface area contributed by atoms with Crippen molar-refractivity contribution >= 4 is 17.5 Å². The summed E-state index contributed by atoms with van der Waals surface area (Å²) in [5, 5.41) is 3.80. The SMILES string of the molecule is COc1ccccc1-c1nc(C(=O)NC2CCCCC2)cn1-c1ccc(Cl)cc1. The van der Waals surface area contributed by atoms with Crippen molar-refractivity contribution in [3.05, 3.63) is 65.4 Å². The number of rotatable bonds is 5. The third-order valence-electron chi connectivity index (χ3n) is 5.33. The highest BCUT2D eigenvalue weighted by Gasteiger charge is 2.22. The van der Waals surface area contributed by atoms with Gasteiger partial charge < -0.3 is 10.1 Å². The summed E-state index contributed by atoms with van der Waals surface area (Å²) in [4.78, 5) is 17.6. The molecule has 3 aromatic rings. The van der Waals surface area contributed by atoms with E-state index < -0.39 is 0 Å². The smallest absolute Gasteiger partial charge is 0.271 e. The average molecular weight is 410 g/mol. The summed E-state index contributed by atoms with van der Waals surface area (Å²) in [5.74, 6) is 1.21. The maximum Gasteiger partial charge on any atom is 0.271 e. The monoisotopic (exact) mass is 409 g/mol. The first-order valence-corrected chi connectivity index (χ1v) is 10.3. The molecule has 4 rings (SSSR count). The molecular weight excluding hydrogens is 386 g/mol. The molecule has 1 aliphatic carbocycles. The molecule has 0 unspecified atom stereocenters. The van der Waals surface area contributed by atoms with Gasteiger partial charge in [-0.3, -0.25) is 9.36 Å². The standard InChI is InChI=1S/C23H24ClN3O2/c1-29-21-10-6-5-9-19(21)22-26-20(23(28)25-17-7-3-2-4-8-17)15-27(22)18-13-11-16(24)12-14-18/h5-6,9-15,17H,2-4,7-8H2,1H3,(H,25,28). The van der Waals surface area contributed by atoms with Gasteiger partial charge in [-0.05, 0) is 49.2 Å². The van der Waals surface area contributed by atoms with E-state index in [1.54, 1.807) is 13.3 Å². The fourth-order valence-electron chi connectivity index (χ4n) is 3.81. The molecule has 2 aromatic carbocycles. The third kappa shape index (κ3) is 4.30. The van der Waals surface area contributed by atoms with E-state index in [9.17, 15) is 4.79 Å². The Kier molecular flexibility index (Phi) is 5.86. The highest BCUT2D eigenvalue weighted by Crippen LogP contribution is 2.31. The minimum absolute atomic E-state index is 0.138. The van der Waals surface area contributed by atoms with Crippen LogP contribution in [0.25, 0.3) is 17.1 Å². The summed E-state index contributed by atoms with van der Waals surface area (Å²) in [7, 11) is 1.63. The molecule has 150 valence electrons. The van der Waals surface area contributed by atoms with Gasteiger partial charge in [0.1, 0.15) is 17.3 Å². The molecule has 0 spiro atoms. The summed E-state index contributed by atoms with van der Waals surface area (Å²) < 4.78 is 7.43. The number of nitrogens with one attached hydrogen (secondary N) is 1. The van der Waals surface area contributed by atoms with Gasteiger partial charge in [0.25, 0.3) is 5.91 Å². The molecule has 1 aromatic heterocycles. The summed E-state index contributed by atoms with van der Waals surface area (Å²) in [5.41, 5.74) is 2.09. The van der Waals surface area contributed by atoms with E-state index in [0.29, 0.717) is 22.3 Å². The maximum atomic E-state index is 12.9. The van der Waals surface area contributed by atoms with Crippen LogP contribution in [-0.4, -0.2) is 28.6 Å². The molecule has 1 amide bonds. The molecule has 1 aliphatic rings. The lowest BCUT2D eigenvalue weighted by Crippen LogP contribution is -2.36. The number of hydrogen-bond donors (Lipinski definition) is 1. The van der Waals surface area contributed by atoms with E-state index >= 15 is 0 Å². The van der Waals surface area contributed by atoms with E-state index in [1.807, 2.05) is 53.1 Å². The summed E-state index contributed by atoms with van der Waals surface area (Å²) in [6.07, 6.45) is 7.41. The minimum atomic E-state index is -0.138. The van der Waals surface area contributed by atoms with Crippen LogP contribution in [0.5, 0.6) is 5.75 Å². The number of nitrogens with zero attached hydrogens (tertiary/aromatic N) is 2. The van der Waals surface area contributed by atoms with Gasteiger partial charge in [0, 0.05) is 22.9 Å². The van der Waals surface area contributed by atoms with Crippen LogP contribution in [-0.2, 0) is 0 Å². The molecule has 1 saturated carbocycles. The highest BCUT2D eigenvalue weighted by atomic mass is 35.5. The lowest BCUT2D eigenvalue weighted by Gasteiger charge is -2.22. The normalized spacial score (nSPS) is 14.6. The summed E-state index contributed by atoms with van der Waals surface area (Å²) in [6.45, 7) is 0. The first kappa shape index (κ1) is 19.5. The molecule has 1 N–H and O–H groups in total. The molecule has 1 heterocycles. The van der Waals surface area contributed by atoms with Crippen molar-refractivity contribution in [2.24, 2.45) is 0 Å². The van der Waals surface area contributed by atoms with Crippen LogP contribution < -0.4 is 10.1 Å². The molecule has 29 heavy (non-hydrogen) atoms. The summed E-state index contributed by atoms with van der Waals surface area (Å²) >= 11 is 6.06. The van der Waals surface area contributed by atoms with Crippen LogP contribution in [0.1, 0.15) is 42.6 Å². The van der Waals surface area contributed by atoms with Gasteiger partial charge in [0.15, 0.2) is 0 Å². The Morgan fingerprint density at radius 3 is 2.55 bits per heavy atom. The van der Waals surface area contributed by atoms with Gasteiger partial charge in [0.05, 0.1) is 12.7 Å². The van der Waals surface area contributed by atoms with E-state index in [4.69, 9.17) is 21.3 Å². The maximum absolute atomic E-state index is 12.9. The van der Waals surface area contributed by atoms with Crippen LogP contribution in [0.3, 0.4) is 0 Å². The quantitative estimate of drug-likeness (QED) is 0.625. The topological polar surface area (TPSA) is 56.1 Å². The number of carbonyl (C=O) groups excluding carboxylic acids is 1. The van der Waals surface area contributed by atoms with Gasteiger partial charge in [-0.25, -0.2) is 4.98 Å². The van der Waals surface area contributed by atoms with Crippen molar-refractivity contribution in [3.8, 4) is 22.8 Å². The van der Waals surface area contributed by atoms with Gasteiger partial charge in [0.2, 0.25) is 0 Å². The van der Waals surface area contributed by atoms with Gasteiger partial charge in [-0.2, -0.15) is 0 Å². The zero-order valence-electron chi connectivity index (χ0n) is 16.4. The molecule has 0 atom stereocenters. The average Bonchev–Trinajstić information content (AvgIpc) is 3.20. The first-order chi connectivity index (χ1) is 14.2. The number of imidazole rings is 1. The van der Waals surface area contributed by atoms with Gasteiger partial charge >= 0.3 is 0 Å². The molecule has 0 radical (unpaired) electrons. The Morgan fingerprint density at radius 2 is 1.83 bits per heavy atom. The number of aromatic nitrogens is 2. The number of para-hydroxylation sites is 1. The van der Waals surface area contributed by atoms with Crippen LogP contribution >= 0.6 is 11.6 Å². The molecule has 5 nitrogen and oxygen atoms in total. The number of amides is 1. The van der Waals surface area contributed by atoms with Crippen LogP contribution in [0, 0.1) is 0 Å². The predicted molar refractivity (Wildman–Crippen MR) is 115 cm³/mol. The number of ether oxygens (including phenoxy) is 1. The van der Waals surface area contributed by atoms with Crippen LogP contribution in [0.15, 0.2) is 54.7 Å². The van der Waals surface area contributed by atoms with E-state index in [-0.39, 0.29) is 11.9 Å². The molecule has 0 aliphatic heterocycles. The Hall–Kier alpha value is -2.79. The fourth-order valence-corrected chi connectivity index (χ4v) is 3.94. The molecule has 0 bridgehead atoms. The first-order valence-electron chi connectivity index (χ1n) is 9.95. The Labute approximate surface area is 175 Å². The van der Waals surface area contributed by atoms with Crippen molar-refractivity contribution in [1.82, 2.24) is 14.9 Å². The Balaban J connectivity index is 1.74. The highest BCUT2D eigenvalue weighted by molar-refractivity contribution is 6.30. The minimum Gasteiger partial charge on any atom is -0.496 e. The van der Waals surface area contributed by atoms with Crippen molar-refractivity contribution in [1.29, 1.82) is 0 Å². The third-order valence-corrected chi connectivity index (χ3v) is 5.58. The van der Waals surface area contributed by atoms with Crippen molar-refractivity contribution in [3.63, 3.8) is 0 Å². The number of carbonyl (C=O) groups is 1. The lowest BCUT2D eigenvalue weighted by atomic mass is 9.95. The zero-order chi connectivity index (χ0) is 20.2. The van der Waals surface area contributed by atoms with Gasteiger partial charge in [-0.1, -0.05) is 43.0 Å². The van der Waals surface area contributed by atoms with E-state index in [2.05, 4.69) is 5.32 Å². The van der Waals surface area contributed by atoms with E-state index in [0.717, 1.165) is 36.9 Å². The van der Waals surface area contributed by atoms with Crippen molar-refractivity contribution in [2.75, 3.05) is 7.11 Å². The van der Waals surface area contributed by atoms with Crippen LogP contribution in [0.2, 0.25) is 5.02 Å². The largest absolute Gasteiger partial charge is 0.496 e.